The molecule has 1 saturated heterocycles. The van der Waals surface area contributed by atoms with Crippen molar-refractivity contribution in [2.24, 2.45) is 0 Å². The number of amides is 1. The summed E-state index contributed by atoms with van der Waals surface area (Å²) in [5.41, 5.74) is 0.230. The van der Waals surface area contributed by atoms with Gasteiger partial charge in [0.1, 0.15) is 30.5 Å². The first-order valence-corrected chi connectivity index (χ1v) is 16.5. The van der Waals surface area contributed by atoms with Crippen LogP contribution in [0.5, 0.6) is 11.5 Å². The van der Waals surface area contributed by atoms with Gasteiger partial charge in [-0.15, -0.1) is 0 Å². The molecule has 0 aliphatic carbocycles. The summed E-state index contributed by atoms with van der Waals surface area (Å²) < 4.78 is 79.4. The molecule has 0 bridgehead atoms. The van der Waals surface area contributed by atoms with Crippen molar-refractivity contribution >= 4 is 31.6 Å². The molecule has 1 aliphatic rings. The van der Waals surface area contributed by atoms with Crippen LogP contribution in [0.1, 0.15) is 26.2 Å². The fraction of sp³-hybridized carbons (Fsp3) is 0.345. The van der Waals surface area contributed by atoms with Gasteiger partial charge >= 0.3 is 0 Å². The second kappa shape index (κ2) is 14.0. The van der Waals surface area contributed by atoms with Gasteiger partial charge in [-0.25, -0.2) is 21.2 Å². The number of carbonyl (C=O) groups is 1. The Morgan fingerprint density at radius 1 is 0.833 bits per heavy atom. The Balaban J connectivity index is 1.36. The highest BCUT2D eigenvalue weighted by Gasteiger charge is 2.28. The summed E-state index contributed by atoms with van der Waals surface area (Å²) in [5, 5.41) is 2.64. The van der Waals surface area contributed by atoms with E-state index in [4.69, 9.17) is 9.47 Å². The summed E-state index contributed by atoms with van der Waals surface area (Å²) in [6.45, 7) is 2.89. The number of rotatable bonds is 13. The number of nitrogens with one attached hydrogen (secondary N) is 1. The van der Waals surface area contributed by atoms with Crippen LogP contribution in [0.15, 0.2) is 82.6 Å². The smallest absolute Gasteiger partial charge is 0.264 e. The van der Waals surface area contributed by atoms with Crippen LogP contribution in [0.3, 0.4) is 0 Å². The number of halogens is 1. The van der Waals surface area contributed by atoms with E-state index in [1.165, 1.54) is 28.6 Å². The fourth-order valence-corrected chi connectivity index (χ4v) is 7.37. The topological polar surface area (TPSA) is 122 Å². The zero-order valence-corrected chi connectivity index (χ0v) is 24.9. The molecule has 3 aromatic carbocycles. The molecular formula is C29H34FN3O7S2. The monoisotopic (exact) mass is 619 g/mol. The third-order valence-corrected chi connectivity index (χ3v) is 10.3. The molecule has 10 nitrogen and oxygen atoms in total. The van der Waals surface area contributed by atoms with E-state index in [1.54, 1.807) is 24.3 Å². The van der Waals surface area contributed by atoms with Crippen molar-refractivity contribution in [1.82, 2.24) is 9.62 Å². The van der Waals surface area contributed by atoms with E-state index in [-0.39, 0.29) is 28.6 Å². The third-order valence-electron chi connectivity index (χ3n) is 6.59. The lowest BCUT2D eigenvalue weighted by Crippen LogP contribution is -2.41. The molecule has 226 valence electrons. The number of benzene rings is 3. The Morgan fingerprint density at radius 2 is 1.40 bits per heavy atom. The highest BCUT2D eigenvalue weighted by atomic mass is 32.2. The van der Waals surface area contributed by atoms with E-state index < -0.39 is 38.3 Å². The van der Waals surface area contributed by atoms with E-state index in [0.717, 1.165) is 47.8 Å². The minimum absolute atomic E-state index is 0.0672. The fourth-order valence-electron chi connectivity index (χ4n) is 4.43. The number of ether oxygens (including phenoxy) is 2. The van der Waals surface area contributed by atoms with E-state index in [0.29, 0.717) is 31.2 Å². The number of hydrogen-bond acceptors (Lipinski definition) is 7. The lowest BCUT2D eigenvalue weighted by molar-refractivity contribution is -0.119. The number of piperidine rings is 1. The van der Waals surface area contributed by atoms with Gasteiger partial charge in [0.25, 0.3) is 10.0 Å². The summed E-state index contributed by atoms with van der Waals surface area (Å²) in [5.74, 6) is -0.199. The molecule has 0 radical (unpaired) electrons. The molecule has 13 heteroatoms. The van der Waals surface area contributed by atoms with Gasteiger partial charge < -0.3 is 14.8 Å². The molecule has 0 spiro atoms. The van der Waals surface area contributed by atoms with Crippen LogP contribution in [0.2, 0.25) is 0 Å². The molecule has 0 atom stereocenters. The molecule has 3 aromatic rings. The minimum Gasteiger partial charge on any atom is -0.494 e. The first-order valence-electron chi connectivity index (χ1n) is 13.6. The maximum atomic E-state index is 13.4. The summed E-state index contributed by atoms with van der Waals surface area (Å²) in [6, 6.07) is 16.7. The molecule has 1 fully saturated rings. The van der Waals surface area contributed by atoms with Gasteiger partial charge in [-0.05, 0) is 92.6 Å². The van der Waals surface area contributed by atoms with E-state index in [2.05, 4.69) is 5.32 Å². The molecule has 0 aromatic heterocycles. The standard InChI is InChI=1S/C29H34FN3O7S2/c1-2-39-25-10-8-24(9-11-25)33(42(37,38)28-14-6-23(30)7-15-28)22-29(34)31-18-21-40-26-12-16-27(17-13-26)41(35,36)32-19-4-3-5-20-32/h6-17H,2-5,18-22H2,1H3,(H,31,34). The van der Waals surface area contributed by atoms with Crippen LogP contribution in [-0.2, 0) is 24.8 Å². The van der Waals surface area contributed by atoms with Crippen molar-refractivity contribution in [2.75, 3.05) is 43.7 Å². The molecule has 1 amide bonds. The zero-order valence-electron chi connectivity index (χ0n) is 23.2. The van der Waals surface area contributed by atoms with Crippen LogP contribution < -0.4 is 19.1 Å². The van der Waals surface area contributed by atoms with Gasteiger partial charge in [0.15, 0.2) is 0 Å². The largest absolute Gasteiger partial charge is 0.494 e. The first kappa shape index (κ1) is 31.3. The van der Waals surface area contributed by atoms with Gasteiger partial charge in [0, 0.05) is 13.1 Å². The van der Waals surface area contributed by atoms with Crippen molar-refractivity contribution in [3.05, 3.63) is 78.6 Å². The molecule has 1 heterocycles. The second-order valence-electron chi connectivity index (χ2n) is 9.53. The number of hydrogen-bond donors (Lipinski definition) is 1. The molecular weight excluding hydrogens is 585 g/mol. The SMILES string of the molecule is CCOc1ccc(N(CC(=O)NCCOc2ccc(S(=O)(=O)N3CCCCC3)cc2)S(=O)(=O)c2ccc(F)cc2)cc1. The van der Waals surface area contributed by atoms with E-state index in [9.17, 15) is 26.0 Å². The molecule has 1 aliphatic heterocycles. The molecule has 4 rings (SSSR count). The Morgan fingerprint density at radius 3 is 2.02 bits per heavy atom. The van der Waals surface area contributed by atoms with Crippen LogP contribution in [0.25, 0.3) is 0 Å². The molecule has 0 unspecified atom stereocenters. The highest BCUT2D eigenvalue weighted by Crippen LogP contribution is 2.26. The van der Waals surface area contributed by atoms with Gasteiger partial charge in [-0.1, -0.05) is 6.42 Å². The zero-order chi connectivity index (χ0) is 30.2. The second-order valence-corrected chi connectivity index (χ2v) is 13.3. The quantitative estimate of drug-likeness (QED) is 0.289. The Labute approximate surface area is 246 Å². The number of carbonyl (C=O) groups excluding carboxylic acids is 1. The lowest BCUT2D eigenvalue weighted by Gasteiger charge is -2.25. The van der Waals surface area contributed by atoms with Gasteiger partial charge in [0.05, 0.1) is 28.6 Å². The number of nitrogens with zero attached hydrogens (tertiary/aromatic N) is 2. The van der Waals surface area contributed by atoms with Crippen molar-refractivity contribution < 1.29 is 35.5 Å². The minimum atomic E-state index is -4.21. The van der Waals surface area contributed by atoms with Gasteiger partial charge in [0.2, 0.25) is 15.9 Å². The van der Waals surface area contributed by atoms with Crippen LogP contribution in [0, 0.1) is 5.82 Å². The van der Waals surface area contributed by atoms with Crippen molar-refractivity contribution in [3.63, 3.8) is 0 Å². The number of anilines is 1. The lowest BCUT2D eigenvalue weighted by atomic mass is 10.2. The van der Waals surface area contributed by atoms with Crippen molar-refractivity contribution in [3.8, 4) is 11.5 Å². The summed E-state index contributed by atoms with van der Waals surface area (Å²) >= 11 is 0. The third kappa shape index (κ3) is 7.78. The van der Waals surface area contributed by atoms with Gasteiger partial charge in [-0.3, -0.25) is 9.10 Å². The maximum absolute atomic E-state index is 13.4. The van der Waals surface area contributed by atoms with Crippen LogP contribution in [-0.4, -0.2) is 66.4 Å². The molecule has 1 N–H and O–H groups in total. The highest BCUT2D eigenvalue weighted by molar-refractivity contribution is 7.92. The Hall–Kier alpha value is -3.68. The first-order chi connectivity index (χ1) is 20.1. The van der Waals surface area contributed by atoms with E-state index in [1.807, 2.05) is 6.92 Å². The van der Waals surface area contributed by atoms with Gasteiger partial charge in [-0.2, -0.15) is 4.31 Å². The average molecular weight is 620 g/mol. The molecule has 42 heavy (non-hydrogen) atoms. The Kier molecular flexibility index (Phi) is 10.4. The number of sulfonamides is 2. The van der Waals surface area contributed by atoms with E-state index >= 15 is 0 Å². The van der Waals surface area contributed by atoms with Crippen LogP contribution in [0.4, 0.5) is 10.1 Å². The summed E-state index contributed by atoms with van der Waals surface area (Å²) in [7, 11) is -7.76. The normalized spacial score (nSPS) is 14.2. The molecule has 0 saturated carbocycles. The maximum Gasteiger partial charge on any atom is 0.264 e. The summed E-state index contributed by atoms with van der Waals surface area (Å²) in [6.07, 6.45) is 2.73. The average Bonchev–Trinajstić information content (AvgIpc) is 2.99. The predicted octanol–water partition coefficient (Wildman–Crippen LogP) is 3.79. The van der Waals surface area contributed by atoms with Crippen molar-refractivity contribution in [1.29, 1.82) is 0 Å². The van der Waals surface area contributed by atoms with Crippen LogP contribution >= 0.6 is 0 Å². The Bertz CT molecular complexity index is 1540. The predicted molar refractivity (Wildman–Crippen MR) is 156 cm³/mol. The van der Waals surface area contributed by atoms with Crippen molar-refractivity contribution in [2.45, 2.75) is 36.0 Å². The summed E-state index contributed by atoms with van der Waals surface area (Å²) in [4.78, 5) is 12.8.